The van der Waals surface area contributed by atoms with E-state index < -0.39 is 20.5 Å². The van der Waals surface area contributed by atoms with Crippen molar-refractivity contribution in [3.05, 3.63) is 42.0 Å². The van der Waals surface area contributed by atoms with Gasteiger partial charge in [0.2, 0.25) is 8.32 Å². The van der Waals surface area contributed by atoms with E-state index in [1.807, 2.05) is 18.2 Å². The number of hydrogen-bond acceptors (Lipinski definition) is 5. The van der Waals surface area contributed by atoms with Crippen LogP contribution in [0.15, 0.2) is 30.9 Å². The first-order valence-electron chi connectivity index (χ1n) is 11.3. The predicted octanol–water partition coefficient (Wildman–Crippen LogP) is 6.10. The van der Waals surface area contributed by atoms with Crippen molar-refractivity contribution in [3.8, 4) is 18.1 Å². The smallest absolute Gasteiger partial charge is 0.201 e. The van der Waals surface area contributed by atoms with E-state index in [1.54, 1.807) is 20.3 Å². The van der Waals surface area contributed by atoms with Gasteiger partial charge in [-0.3, -0.25) is 0 Å². The molecule has 1 rings (SSSR count). The van der Waals surface area contributed by atoms with Gasteiger partial charge in [0.05, 0.1) is 25.9 Å². The van der Waals surface area contributed by atoms with Crippen LogP contribution in [0.5, 0.6) is 5.75 Å². The monoisotopic (exact) mass is 462 g/mol. The van der Waals surface area contributed by atoms with Gasteiger partial charge in [0.15, 0.2) is 0 Å². The van der Waals surface area contributed by atoms with Crippen molar-refractivity contribution in [3.63, 3.8) is 0 Å². The summed E-state index contributed by atoms with van der Waals surface area (Å²) in [5, 5.41) is 0. The summed E-state index contributed by atoms with van der Waals surface area (Å²) in [7, 11) is 0.985. The Morgan fingerprint density at radius 3 is 2.12 bits per heavy atom. The highest BCUT2D eigenvalue weighted by Gasteiger charge is 2.48. The fraction of sp³-hybridized carbons (Fsp3) is 0.615. The first kappa shape index (κ1) is 28.4. The fourth-order valence-electron chi connectivity index (χ4n) is 4.65. The highest BCUT2D eigenvalue weighted by Crippen LogP contribution is 2.47. The average Bonchev–Trinajstić information content (AvgIpc) is 2.76. The minimum Gasteiger partial charge on any atom is -0.495 e. The molecule has 0 aliphatic rings. The van der Waals surface area contributed by atoms with Crippen LogP contribution >= 0.6 is 0 Å². The Labute approximate surface area is 196 Å². The zero-order valence-electron chi connectivity index (χ0n) is 21.1. The van der Waals surface area contributed by atoms with Crippen LogP contribution in [0.4, 0.5) is 0 Å². The number of rotatable bonds is 15. The summed E-state index contributed by atoms with van der Waals surface area (Å²) in [6, 6.07) is 5.80. The maximum atomic E-state index is 7.19. The standard InChI is InChI=1S/C26H42O5Si/c1-11-22-23(14-13-15-25(22)28-10)26(24(12-2)30-18-29-17-16-27-9)31-32(19(3)4,20(5)6)21(7)8/h1,12-15,19-21,24,26H,2,16-18H2,3-10H3/t24-,26-/m1/s1. The Kier molecular flexibility index (Phi) is 12.3. The van der Waals surface area contributed by atoms with E-state index in [4.69, 9.17) is 29.8 Å². The predicted molar refractivity (Wildman–Crippen MR) is 134 cm³/mol. The third-order valence-electron chi connectivity index (χ3n) is 6.07. The second-order valence-corrected chi connectivity index (χ2v) is 14.2. The Bertz CT molecular complexity index is 716. The van der Waals surface area contributed by atoms with Gasteiger partial charge in [-0.25, -0.2) is 0 Å². The van der Waals surface area contributed by atoms with Crippen LogP contribution in [-0.4, -0.2) is 48.6 Å². The van der Waals surface area contributed by atoms with Crippen molar-refractivity contribution >= 4 is 8.32 Å². The summed E-state index contributed by atoms with van der Waals surface area (Å²) < 4.78 is 29.4. The van der Waals surface area contributed by atoms with E-state index in [2.05, 4.69) is 54.0 Å². The van der Waals surface area contributed by atoms with E-state index in [-0.39, 0.29) is 6.79 Å². The molecule has 0 bridgehead atoms. The SMILES string of the molecule is C#Cc1c(OC)cccc1[C@@H](O[Si](C(C)C)(C(C)C)C(C)C)[C@@H](C=C)OCOCCOC. The van der Waals surface area contributed by atoms with Gasteiger partial charge in [0, 0.05) is 12.7 Å². The Hall–Kier alpha value is -1.62. The molecule has 32 heavy (non-hydrogen) atoms. The van der Waals surface area contributed by atoms with Crippen LogP contribution in [0.3, 0.4) is 0 Å². The lowest BCUT2D eigenvalue weighted by Gasteiger charge is -2.46. The highest BCUT2D eigenvalue weighted by molar-refractivity contribution is 6.77. The second kappa shape index (κ2) is 13.8. The zero-order valence-corrected chi connectivity index (χ0v) is 22.1. The van der Waals surface area contributed by atoms with Crippen LogP contribution in [0, 0.1) is 12.3 Å². The summed E-state index contributed by atoms with van der Waals surface area (Å²) in [6.45, 7) is 18.6. The molecule has 1 aromatic rings. The van der Waals surface area contributed by atoms with Crippen LogP contribution < -0.4 is 4.74 Å². The molecule has 0 N–H and O–H groups in total. The van der Waals surface area contributed by atoms with Gasteiger partial charge in [-0.15, -0.1) is 13.0 Å². The molecule has 0 heterocycles. The van der Waals surface area contributed by atoms with Crippen LogP contribution in [0.25, 0.3) is 0 Å². The molecule has 0 aliphatic carbocycles. The average molecular weight is 463 g/mol. The van der Waals surface area contributed by atoms with E-state index in [1.165, 1.54) is 0 Å². The zero-order chi connectivity index (χ0) is 24.3. The molecule has 2 atom stereocenters. The molecule has 0 saturated heterocycles. The molecule has 0 fully saturated rings. The number of ether oxygens (including phenoxy) is 4. The van der Waals surface area contributed by atoms with E-state index in [0.29, 0.717) is 41.2 Å². The van der Waals surface area contributed by atoms with Crippen molar-refractivity contribution in [2.45, 2.75) is 70.4 Å². The van der Waals surface area contributed by atoms with Crippen molar-refractivity contribution in [2.24, 2.45) is 0 Å². The summed E-state index contributed by atoms with van der Waals surface area (Å²) in [4.78, 5) is 0. The topological polar surface area (TPSA) is 46.2 Å². The molecule has 0 radical (unpaired) electrons. The van der Waals surface area contributed by atoms with Crippen LogP contribution in [0.2, 0.25) is 16.6 Å². The molecule has 5 nitrogen and oxygen atoms in total. The van der Waals surface area contributed by atoms with Gasteiger partial charge in [0.25, 0.3) is 0 Å². The lowest BCUT2D eigenvalue weighted by molar-refractivity contribution is -0.112. The van der Waals surface area contributed by atoms with Crippen LogP contribution in [0.1, 0.15) is 58.8 Å². The first-order valence-corrected chi connectivity index (χ1v) is 13.5. The fourth-order valence-corrected chi connectivity index (χ4v) is 10.2. The third-order valence-corrected chi connectivity index (χ3v) is 12.2. The van der Waals surface area contributed by atoms with Gasteiger partial charge in [-0.2, -0.15) is 0 Å². The maximum absolute atomic E-state index is 7.19. The molecule has 0 aliphatic heterocycles. The Balaban J connectivity index is 3.51. The molecule has 6 heteroatoms. The highest BCUT2D eigenvalue weighted by atomic mass is 28.4. The number of benzene rings is 1. The van der Waals surface area contributed by atoms with Gasteiger partial charge < -0.3 is 23.4 Å². The number of hydrogen-bond donors (Lipinski definition) is 0. The molecule has 0 unspecified atom stereocenters. The quantitative estimate of drug-likeness (QED) is 0.104. The van der Waals surface area contributed by atoms with Gasteiger partial charge in [0.1, 0.15) is 24.8 Å². The van der Waals surface area contributed by atoms with Crippen molar-refractivity contribution in [1.29, 1.82) is 0 Å². The molecule has 180 valence electrons. The number of methoxy groups -OCH3 is 2. The van der Waals surface area contributed by atoms with E-state index >= 15 is 0 Å². The second-order valence-electron chi connectivity index (χ2n) is 8.81. The van der Waals surface area contributed by atoms with Crippen molar-refractivity contribution in [1.82, 2.24) is 0 Å². The minimum atomic E-state index is -2.27. The Morgan fingerprint density at radius 1 is 1.03 bits per heavy atom. The molecular weight excluding hydrogens is 420 g/mol. The third kappa shape index (κ3) is 6.69. The first-order chi connectivity index (χ1) is 15.2. The van der Waals surface area contributed by atoms with Crippen molar-refractivity contribution < 1.29 is 23.4 Å². The molecule has 0 aromatic heterocycles. The van der Waals surface area contributed by atoms with Crippen molar-refractivity contribution in [2.75, 3.05) is 34.2 Å². The van der Waals surface area contributed by atoms with Gasteiger partial charge in [-0.1, -0.05) is 65.7 Å². The summed E-state index contributed by atoms with van der Waals surface area (Å²) in [5.41, 5.74) is 2.73. The molecule has 1 aromatic carbocycles. The number of terminal acetylenes is 1. The lowest BCUT2D eigenvalue weighted by atomic mass is 9.98. The van der Waals surface area contributed by atoms with E-state index in [0.717, 1.165) is 5.56 Å². The molecular formula is C26H42O5Si. The lowest BCUT2D eigenvalue weighted by Crippen LogP contribution is -2.50. The normalized spacial score (nSPS) is 13.9. The molecule has 0 amide bonds. The largest absolute Gasteiger partial charge is 0.495 e. The van der Waals surface area contributed by atoms with Gasteiger partial charge in [-0.05, 0) is 22.7 Å². The Morgan fingerprint density at radius 2 is 1.66 bits per heavy atom. The summed E-state index contributed by atoms with van der Waals surface area (Å²) in [6.07, 6.45) is 6.82. The molecule has 0 spiro atoms. The maximum Gasteiger partial charge on any atom is 0.201 e. The summed E-state index contributed by atoms with van der Waals surface area (Å²) >= 11 is 0. The molecule has 0 saturated carbocycles. The van der Waals surface area contributed by atoms with E-state index in [9.17, 15) is 0 Å². The van der Waals surface area contributed by atoms with Crippen LogP contribution in [-0.2, 0) is 18.6 Å². The summed E-state index contributed by atoms with van der Waals surface area (Å²) in [5.74, 6) is 3.45. The van der Waals surface area contributed by atoms with Gasteiger partial charge >= 0.3 is 0 Å². The minimum absolute atomic E-state index is 0.106.